The zero-order valence-corrected chi connectivity index (χ0v) is 12.1. The molecule has 16 heavy (non-hydrogen) atoms. The van der Waals surface area contributed by atoms with E-state index in [-0.39, 0.29) is 0 Å². The Morgan fingerprint density at radius 3 is 2.38 bits per heavy atom. The Balaban J connectivity index is 1.84. The van der Waals surface area contributed by atoms with Gasteiger partial charge in [0.2, 0.25) is 0 Å². The average molecular weight is 329 g/mol. The van der Waals surface area contributed by atoms with Gasteiger partial charge in [0.1, 0.15) is 0 Å². The van der Waals surface area contributed by atoms with Crippen molar-refractivity contribution in [3.8, 4) is 0 Å². The monoisotopic (exact) mass is 329 g/mol. The third kappa shape index (κ3) is 3.45. The minimum Gasteiger partial charge on any atom is -0.299 e. The van der Waals surface area contributed by atoms with Gasteiger partial charge in [-0.2, -0.15) is 0 Å². The van der Waals surface area contributed by atoms with Gasteiger partial charge in [-0.05, 0) is 72.1 Å². The summed E-state index contributed by atoms with van der Waals surface area (Å²) in [4.78, 5) is 2.59. The van der Waals surface area contributed by atoms with Crippen molar-refractivity contribution >= 4 is 22.6 Å². The number of likely N-dealkylation sites (tertiary alicyclic amines) is 1. The Morgan fingerprint density at radius 2 is 1.81 bits per heavy atom. The smallest absolute Gasteiger partial charge is 0.0233 e. The molecule has 0 bridgehead atoms. The Bertz CT molecular complexity index is 312. The summed E-state index contributed by atoms with van der Waals surface area (Å²) >= 11 is 2.36. The molecular weight excluding hydrogens is 309 g/mol. The molecule has 0 N–H and O–H groups in total. The minimum absolute atomic E-state index is 0.980. The predicted molar refractivity (Wildman–Crippen MR) is 77.5 cm³/mol. The van der Waals surface area contributed by atoms with Crippen molar-refractivity contribution in [1.82, 2.24) is 4.90 Å². The van der Waals surface area contributed by atoms with Gasteiger partial charge in [-0.3, -0.25) is 4.90 Å². The first kappa shape index (κ1) is 12.4. The molecule has 1 fully saturated rings. The van der Waals surface area contributed by atoms with Crippen LogP contribution in [0.2, 0.25) is 0 Å². The van der Waals surface area contributed by atoms with E-state index in [9.17, 15) is 0 Å². The van der Waals surface area contributed by atoms with Crippen LogP contribution in [0.25, 0.3) is 0 Å². The van der Waals surface area contributed by atoms with Crippen LogP contribution in [0.15, 0.2) is 24.3 Å². The molecule has 1 nitrogen and oxygen atoms in total. The van der Waals surface area contributed by atoms with E-state index in [2.05, 4.69) is 58.7 Å². The summed E-state index contributed by atoms with van der Waals surface area (Å²) in [6, 6.07) is 8.92. The van der Waals surface area contributed by atoms with E-state index >= 15 is 0 Å². The fourth-order valence-electron chi connectivity index (χ4n) is 2.40. The number of nitrogens with zero attached hydrogens (tertiary/aromatic N) is 1. The summed E-state index contributed by atoms with van der Waals surface area (Å²) in [5, 5.41) is 0. The van der Waals surface area contributed by atoms with E-state index in [4.69, 9.17) is 0 Å². The van der Waals surface area contributed by atoms with Crippen molar-refractivity contribution < 1.29 is 0 Å². The zero-order chi connectivity index (χ0) is 11.4. The lowest BCUT2D eigenvalue weighted by Gasteiger charge is -2.31. The van der Waals surface area contributed by atoms with Crippen molar-refractivity contribution in [2.45, 2.75) is 32.7 Å². The fraction of sp³-hybridized carbons (Fsp3) is 0.571. The summed E-state index contributed by atoms with van der Waals surface area (Å²) in [7, 11) is 0. The normalized spacial score (nSPS) is 18.9. The maximum Gasteiger partial charge on any atom is 0.0233 e. The highest BCUT2D eigenvalue weighted by Crippen LogP contribution is 2.21. The molecule has 1 aromatic rings. The van der Waals surface area contributed by atoms with E-state index in [1.54, 1.807) is 0 Å². The lowest BCUT2D eigenvalue weighted by molar-refractivity contribution is 0.175. The van der Waals surface area contributed by atoms with Gasteiger partial charge in [0.05, 0.1) is 0 Å². The summed E-state index contributed by atoms with van der Waals surface area (Å²) in [5.41, 5.74) is 1.45. The van der Waals surface area contributed by atoms with Gasteiger partial charge in [0, 0.05) is 10.1 Å². The molecule has 1 heterocycles. The molecule has 0 unspecified atom stereocenters. The topological polar surface area (TPSA) is 3.24 Å². The predicted octanol–water partition coefficient (Wildman–Crippen LogP) is 3.91. The quantitative estimate of drug-likeness (QED) is 0.760. The van der Waals surface area contributed by atoms with Crippen molar-refractivity contribution in [1.29, 1.82) is 0 Å². The van der Waals surface area contributed by atoms with Crippen molar-refractivity contribution in [2.75, 3.05) is 13.1 Å². The third-order valence-electron chi connectivity index (χ3n) is 3.60. The van der Waals surface area contributed by atoms with Crippen LogP contribution in [0.3, 0.4) is 0 Å². The highest BCUT2D eigenvalue weighted by Gasteiger charge is 2.17. The molecule has 0 amide bonds. The highest BCUT2D eigenvalue weighted by atomic mass is 127. The fourth-order valence-corrected chi connectivity index (χ4v) is 2.76. The maximum absolute atomic E-state index is 2.59. The summed E-state index contributed by atoms with van der Waals surface area (Å²) in [5.74, 6) is 0.980. The number of benzene rings is 1. The van der Waals surface area contributed by atoms with Crippen LogP contribution in [-0.4, -0.2) is 18.0 Å². The standard InChI is InChI=1S/C14H20IN/c1-2-12-7-9-16(10-8-12)11-13-3-5-14(15)6-4-13/h3-6,12H,2,7-11H2,1H3. The van der Waals surface area contributed by atoms with Crippen LogP contribution in [0.1, 0.15) is 31.7 Å². The zero-order valence-electron chi connectivity index (χ0n) is 9.95. The molecule has 1 aliphatic rings. The lowest BCUT2D eigenvalue weighted by Crippen LogP contribution is -2.32. The molecule has 1 aromatic carbocycles. The van der Waals surface area contributed by atoms with Gasteiger partial charge < -0.3 is 0 Å². The molecule has 0 radical (unpaired) electrons. The summed E-state index contributed by atoms with van der Waals surface area (Å²) in [6.45, 7) is 6.02. The van der Waals surface area contributed by atoms with Gasteiger partial charge in [-0.1, -0.05) is 25.5 Å². The van der Waals surface area contributed by atoms with E-state index in [1.807, 2.05) is 0 Å². The molecule has 1 aliphatic heterocycles. The van der Waals surface area contributed by atoms with Gasteiger partial charge in [0.15, 0.2) is 0 Å². The SMILES string of the molecule is CCC1CCN(Cc2ccc(I)cc2)CC1. The summed E-state index contributed by atoms with van der Waals surface area (Å²) < 4.78 is 1.33. The number of halogens is 1. The van der Waals surface area contributed by atoms with E-state index in [1.165, 1.54) is 41.5 Å². The Labute approximate surface area is 112 Å². The molecule has 88 valence electrons. The molecule has 0 spiro atoms. The molecule has 0 atom stereocenters. The van der Waals surface area contributed by atoms with E-state index in [0.29, 0.717) is 0 Å². The highest BCUT2D eigenvalue weighted by molar-refractivity contribution is 14.1. The van der Waals surface area contributed by atoms with Crippen molar-refractivity contribution in [3.63, 3.8) is 0 Å². The third-order valence-corrected chi connectivity index (χ3v) is 4.32. The Kier molecular flexibility index (Phi) is 4.65. The van der Waals surface area contributed by atoms with Crippen LogP contribution in [0, 0.1) is 9.49 Å². The van der Waals surface area contributed by atoms with E-state index in [0.717, 1.165) is 12.5 Å². The largest absolute Gasteiger partial charge is 0.299 e. The van der Waals surface area contributed by atoms with Gasteiger partial charge in [-0.25, -0.2) is 0 Å². The molecule has 0 aliphatic carbocycles. The molecule has 1 saturated heterocycles. The first-order valence-corrected chi connectivity index (χ1v) is 7.32. The number of rotatable bonds is 3. The van der Waals surface area contributed by atoms with Crippen LogP contribution in [0.4, 0.5) is 0 Å². The first-order chi connectivity index (χ1) is 7.78. The second-order valence-corrected chi connectivity index (χ2v) is 6.00. The molecule has 2 heteroatoms. The van der Waals surface area contributed by atoms with Crippen molar-refractivity contribution in [3.05, 3.63) is 33.4 Å². The molecule has 0 aromatic heterocycles. The number of piperidine rings is 1. The first-order valence-electron chi connectivity index (χ1n) is 6.24. The minimum atomic E-state index is 0.980. The lowest BCUT2D eigenvalue weighted by atomic mass is 9.94. The summed E-state index contributed by atoms with van der Waals surface area (Å²) in [6.07, 6.45) is 4.14. The van der Waals surface area contributed by atoms with E-state index < -0.39 is 0 Å². The van der Waals surface area contributed by atoms with Gasteiger partial charge in [0.25, 0.3) is 0 Å². The Hall–Kier alpha value is -0.0900. The maximum atomic E-state index is 2.59. The molecule has 0 saturated carbocycles. The van der Waals surface area contributed by atoms with Gasteiger partial charge in [-0.15, -0.1) is 0 Å². The van der Waals surface area contributed by atoms with Crippen LogP contribution >= 0.6 is 22.6 Å². The second kappa shape index (κ2) is 6.01. The van der Waals surface area contributed by atoms with Crippen molar-refractivity contribution in [2.24, 2.45) is 5.92 Å². The molecular formula is C14H20IN. The van der Waals surface area contributed by atoms with Gasteiger partial charge >= 0.3 is 0 Å². The number of hydrogen-bond donors (Lipinski definition) is 0. The van der Waals surface area contributed by atoms with Crippen LogP contribution < -0.4 is 0 Å². The molecule has 2 rings (SSSR count). The average Bonchev–Trinajstić information content (AvgIpc) is 2.33. The Morgan fingerprint density at radius 1 is 1.19 bits per heavy atom. The van der Waals surface area contributed by atoms with Crippen LogP contribution in [-0.2, 0) is 6.54 Å². The van der Waals surface area contributed by atoms with Crippen LogP contribution in [0.5, 0.6) is 0 Å². The number of hydrogen-bond acceptors (Lipinski definition) is 1. The second-order valence-electron chi connectivity index (χ2n) is 4.75.